The number of carboxylic acid groups (broad SMARTS) is 1. The van der Waals surface area contributed by atoms with Gasteiger partial charge in [0.05, 0.1) is 12.5 Å². The number of aliphatic carboxylic acids is 1. The molecule has 1 saturated carbocycles. The summed E-state index contributed by atoms with van der Waals surface area (Å²) in [5.74, 6) is -1.39. The third-order valence-electron chi connectivity index (χ3n) is 3.79. The number of aliphatic hydroxyl groups is 1. The maximum Gasteiger partial charge on any atom is 0.312 e. The summed E-state index contributed by atoms with van der Waals surface area (Å²) in [4.78, 5) is 11.3. The molecular weight excluding hydrogens is 230 g/mol. The van der Waals surface area contributed by atoms with Crippen LogP contribution in [0.1, 0.15) is 30.7 Å². The smallest absolute Gasteiger partial charge is 0.312 e. The lowest BCUT2D eigenvalue weighted by atomic mass is 9.77. The quantitative estimate of drug-likeness (QED) is 0.712. The first-order chi connectivity index (χ1) is 8.67. The van der Waals surface area contributed by atoms with E-state index < -0.39 is 11.9 Å². The first-order valence-electron chi connectivity index (χ1n) is 6.30. The number of benzene rings is 1. The second-order valence-electron chi connectivity index (χ2n) is 4.97. The number of carbonyl (C=O) groups is 1. The Morgan fingerprint density at radius 2 is 2.00 bits per heavy atom. The standard InChI is InChI=1S/C14H19NO3/c16-10-14(7-4-8-14)15-9-12(13(17)18)11-5-2-1-3-6-11/h1-3,5-6,12,15-16H,4,7-10H2,(H,17,18). The first kappa shape index (κ1) is 13.1. The van der Waals surface area contributed by atoms with Crippen LogP contribution in [0.5, 0.6) is 0 Å². The largest absolute Gasteiger partial charge is 0.481 e. The van der Waals surface area contributed by atoms with E-state index in [2.05, 4.69) is 5.32 Å². The highest BCUT2D eigenvalue weighted by Gasteiger charge is 2.36. The van der Waals surface area contributed by atoms with Gasteiger partial charge in [0.1, 0.15) is 0 Å². The van der Waals surface area contributed by atoms with Gasteiger partial charge in [-0.25, -0.2) is 0 Å². The molecule has 1 aromatic rings. The molecule has 0 aromatic heterocycles. The second-order valence-corrected chi connectivity index (χ2v) is 4.97. The molecule has 0 radical (unpaired) electrons. The summed E-state index contributed by atoms with van der Waals surface area (Å²) >= 11 is 0. The van der Waals surface area contributed by atoms with Crippen LogP contribution in [-0.2, 0) is 4.79 Å². The zero-order valence-corrected chi connectivity index (χ0v) is 10.3. The molecule has 1 aliphatic carbocycles. The van der Waals surface area contributed by atoms with Gasteiger partial charge in [-0.05, 0) is 24.8 Å². The monoisotopic (exact) mass is 249 g/mol. The SMILES string of the molecule is O=C(O)C(CNC1(CO)CCC1)c1ccccc1. The molecule has 1 atom stereocenters. The molecule has 1 unspecified atom stereocenters. The Morgan fingerprint density at radius 1 is 1.33 bits per heavy atom. The van der Waals surface area contributed by atoms with Gasteiger partial charge in [-0.1, -0.05) is 30.3 Å². The van der Waals surface area contributed by atoms with Crippen LogP contribution >= 0.6 is 0 Å². The third kappa shape index (κ3) is 2.71. The maximum absolute atomic E-state index is 11.3. The maximum atomic E-state index is 11.3. The van der Waals surface area contributed by atoms with E-state index in [4.69, 9.17) is 0 Å². The third-order valence-corrected chi connectivity index (χ3v) is 3.79. The first-order valence-corrected chi connectivity index (χ1v) is 6.30. The number of hydrogen-bond acceptors (Lipinski definition) is 3. The van der Waals surface area contributed by atoms with Crippen LogP contribution in [0.15, 0.2) is 30.3 Å². The summed E-state index contributed by atoms with van der Waals surface area (Å²) in [6.45, 7) is 0.439. The van der Waals surface area contributed by atoms with Gasteiger partial charge in [0, 0.05) is 12.1 Å². The number of aliphatic hydroxyl groups excluding tert-OH is 1. The molecule has 0 spiro atoms. The lowest BCUT2D eigenvalue weighted by Crippen LogP contribution is -2.55. The summed E-state index contributed by atoms with van der Waals surface area (Å²) in [7, 11) is 0. The number of rotatable bonds is 6. The van der Waals surface area contributed by atoms with Crippen LogP contribution in [0.4, 0.5) is 0 Å². The van der Waals surface area contributed by atoms with Gasteiger partial charge < -0.3 is 15.5 Å². The van der Waals surface area contributed by atoms with Crippen molar-refractivity contribution in [1.82, 2.24) is 5.32 Å². The Hall–Kier alpha value is -1.39. The van der Waals surface area contributed by atoms with Crippen molar-refractivity contribution in [2.24, 2.45) is 0 Å². The van der Waals surface area contributed by atoms with Gasteiger partial charge in [-0.15, -0.1) is 0 Å². The second kappa shape index (κ2) is 5.50. The molecule has 0 bridgehead atoms. The van der Waals surface area contributed by atoms with Crippen LogP contribution in [0.3, 0.4) is 0 Å². The predicted octanol–water partition coefficient (Wildman–Crippen LogP) is 1.36. The molecule has 2 rings (SSSR count). The van der Waals surface area contributed by atoms with Crippen molar-refractivity contribution in [3.63, 3.8) is 0 Å². The van der Waals surface area contributed by atoms with Crippen molar-refractivity contribution >= 4 is 5.97 Å². The molecule has 4 nitrogen and oxygen atoms in total. The van der Waals surface area contributed by atoms with Crippen LogP contribution in [-0.4, -0.2) is 34.9 Å². The molecule has 0 amide bonds. The summed E-state index contributed by atoms with van der Waals surface area (Å²) in [5.41, 5.74) is 0.549. The summed E-state index contributed by atoms with van der Waals surface area (Å²) in [5, 5.41) is 21.9. The van der Waals surface area contributed by atoms with Crippen molar-refractivity contribution in [2.75, 3.05) is 13.2 Å². The van der Waals surface area contributed by atoms with Crippen LogP contribution in [0, 0.1) is 0 Å². The molecule has 18 heavy (non-hydrogen) atoms. The van der Waals surface area contributed by atoms with Crippen molar-refractivity contribution in [1.29, 1.82) is 0 Å². The Bertz CT molecular complexity index is 395. The fourth-order valence-electron chi connectivity index (χ4n) is 2.35. The number of hydrogen-bond donors (Lipinski definition) is 3. The van der Waals surface area contributed by atoms with E-state index in [0.717, 1.165) is 24.8 Å². The highest BCUT2D eigenvalue weighted by atomic mass is 16.4. The van der Waals surface area contributed by atoms with Gasteiger partial charge >= 0.3 is 5.97 Å². The van der Waals surface area contributed by atoms with Gasteiger partial charge in [-0.3, -0.25) is 4.79 Å². The zero-order chi connectivity index (χ0) is 13.0. The van der Waals surface area contributed by atoms with E-state index in [-0.39, 0.29) is 12.1 Å². The average molecular weight is 249 g/mol. The Morgan fingerprint density at radius 3 is 2.44 bits per heavy atom. The zero-order valence-electron chi connectivity index (χ0n) is 10.3. The van der Waals surface area contributed by atoms with Gasteiger partial charge in [0.2, 0.25) is 0 Å². The lowest BCUT2D eigenvalue weighted by molar-refractivity contribution is -0.138. The Labute approximate surface area is 107 Å². The minimum absolute atomic E-state index is 0.0775. The van der Waals surface area contributed by atoms with Crippen LogP contribution in [0.2, 0.25) is 0 Å². The van der Waals surface area contributed by atoms with E-state index in [9.17, 15) is 15.0 Å². The van der Waals surface area contributed by atoms with Crippen molar-refractivity contribution in [2.45, 2.75) is 30.7 Å². The van der Waals surface area contributed by atoms with Gasteiger partial charge in [-0.2, -0.15) is 0 Å². The molecule has 4 heteroatoms. The minimum Gasteiger partial charge on any atom is -0.481 e. The minimum atomic E-state index is -0.832. The van der Waals surface area contributed by atoms with E-state index in [1.54, 1.807) is 0 Å². The molecule has 0 saturated heterocycles. The normalized spacial score (nSPS) is 18.9. The summed E-state index contributed by atoms with van der Waals surface area (Å²) in [6.07, 6.45) is 2.94. The van der Waals surface area contributed by atoms with Crippen LogP contribution in [0.25, 0.3) is 0 Å². The van der Waals surface area contributed by atoms with E-state index >= 15 is 0 Å². The number of carboxylic acids is 1. The Kier molecular flexibility index (Phi) is 3.99. The van der Waals surface area contributed by atoms with Crippen LogP contribution < -0.4 is 5.32 Å². The fraction of sp³-hybridized carbons (Fsp3) is 0.500. The lowest BCUT2D eigenvalue weighted by Gasteiger charge is -2.41. The molecule has 1 aliphatic rings. The number of nitrogens with one attached hydrogen (secondary N) is 1. The molecular formula is C14H19NO3. The molecule has 98 valence electrons. The molecule has 3 N–H and O–H groups in total. The molecule has 1 aromatic carbocycles. The molecule has 1 fully saturated rings. The highest BCUT2D eigenvalue weighted by Crippen LogP contribution is 2.31. The van der Waals surface area contributed by atoms with E-state index in [1.165, 1.54) is 0 Å². The van der Waals surface area contributed by atoms with Gasteiger partial charge in [0.25, 0.3) is 0 Å². The fourth-order valence-corrected chi connectivity index (χ4v) is 2.35. The molecule has 0 heterocycles. The summed E-state index contributed by atoms with van der Waals surface area (Å²) < 4.78 is 0. The summed E-state index contributed by atoms with van der Waals surface area (Å²) in [6, 6.07) is 9.21. The van der Waals surface area contributed by atoms with Crippen molar-refractivity contribution in [3.05, 3.63) is 35.9 Å². The van der Waals surface area contributed by atoms with E-state index in [1.807, 2.05) is 30.3 Å². The topological polar surface area (TPSA) is 69.6 Å². The average Bonchev–Trinajstić information content (AvgIpc) is 2.33. The van der Waals surface area contributed by atoms with E-state index in [0.29, 0.717) is 6.54 Å². The van der Waals surface area contributed by atoms with Gasteiger partial charge in [0.15, 0.2) is 0 Å². The van der Waals surface area contributed by atoms with Crippen molar-refractivity contribution in [3.8, 4) is 0 Å². The van der Waals surface area contributed by atoms with Crippen molar-refractivity contribution < 1.29 is 15.0 Å². The highest BCUT2D eigenvalue weighted by molar-refractivity contribution is 5.76. The predicted molar refractivity (Wildman–Crippen MR) is 68.5 cm³/mol. The Balaban J connectivity index is 2.01. The molecule has 0 aliphatic heterocycles.